The lowest BCUT2D eigenvalue weighted by Crippen LogP contribution is -2.46. The Morgan fingerprint density at radius 3 is 2.65 bits per heavy atom. The molecule has 8 nitrogen and oxygen atoms in total. The summed E-state index contributed by atoms with van der Waals surface area (Å²) in [6, 6.07) is -0.746. The number of hydrogen-bond acceptors (Lipinski definition) is 5. The van der Waals surface area contributed by atoms with Crippen LogP contribution in [0.1, 0.15) is 20.8 Å². The lowest BCUT2D eigenvalue weighted by atomic mass is 10.0. The van der Waals surface area contributed by atoms with Crippen LogP contribution in [0.2, 0.25) is 0 Å². The van der Waals surface area contributed by atoms with Crippen LogP contribution in [0.4, 0.5) is 0 Å². The molecule has 1 aliphatic rings. The fourth-order valence-corrected chi connectivity index (χ4v) is 1.68. The number of azide groups is 1. The zero-order chi connectivity index (χ0) is 13.2. The Labute approximate surface area is 98.3 Å². The van der Waals surface area contributed by atoms with Crippen molar-refractivity contribution in [3.05, 3.63) is 10.4 Å². The first-order valence-corrected chi connectivity index (χ1v) is 5.15. The van der Waals surface area contributed by atoms with Crippen molar-refractivity contribution in [2.75, 3.05) is 0 Å². The van der Waals surface area contributed by atoms with Crippen molar-refractivity contribution in [2.24, 2.45) is 10.8 Å². The van der Waals surface area contributed by atoms with E-state index in [2.05, 4.69) is 10.0 Å². The number of amides is 1. The van der Waals surface area contributed by atoms with Crippen molar-refractivity contribution in [3.63, 3.8) is 0 Å². The zero-order valence-electron chi connectivity index (χ0n) is 9.90. The van der Waals surface area contributed by atoms with E-state index in [1.165, 1.54) is 6.92 Å². The molecule has 1 aliphatic heterocycles. The molecule has 1 saturated heterocycles. The minimum Gasteiger partial charge on any atom is -0.390 e. The van der Waals surface area contributed by atoms with Gasteiger partial charge in [-0.1, -0.05) is 12.0 Å². The molecule has 0 saturated carbocycles. The average Bonchev–Trinajstić information content (AvgIpc) is 2.54. The highest BCUT2D eigenvalue weighted by molar-refractivity contribution is 5.80. The maximum absolute atomic E-state index is 11.2. The molecule has 0 aromatic heterocycles. The van der Waals surface area contributed by atoms with Gasteiger partial charge in [0.1, 0.15) is 6.10 Å². The molecule has 17 heavy (non-hydrogen) atoms. The molecule has 0 aliphatic carbocycles. The molecule has 8 heteroatoms. The molecule has 96 valence electrons. The van der Waals surface area contributed by atoms with Crippen LogP contribution in [0.15, 0.2) is 5.11 Å². The van der Waals surface area contributed by atoms with Gasteiger partial charge < -0.3 is 20.3 Å². The molecule has 4 atom stereocenters. The van der Waals surface area contributed by atoms with Gasteiger partial charge >= 0.3 is 0 Å². The number of rotatable bonds is 4. The van der Waals surface area contributed by atoms with Crippen LogP contribution in [-0.4, -0.2) is 41.2 Å². The van der Waals surface area contributed by atoms with Gasteiger partial charge in [0.15, 0.2) is 11.9 Å². The standard InChI is InChI=1S/C9H16N4O4/c1-4(12-13-11)5(14)6-7(8(10)15)17-9(2,3)16-6/h4-7,14H,1-3H3,(H2,10,15)/t4-,5-,6+,7+/m1/s1. The van der Waals surface area contributed by atoms with Crippen LogP contribution in [0.3, 0.4) is 0 Å². The smallest absolute Gasteiger partial charge is 0.249 e. The monoisotopic (exact) mass is 244 g/mol. The zero-order valence-corrected chi connectivity index (χ0v) is 9.90. The third-order valence-electron chi connectivity index (χ3n) is 2.47. The number of carbonyl (C=O) groups is 1. The van der Waals surface area contributed by atoms with Gasteiger partial charge in [0.05, 0.1) is 12.1 Å². The van der Waals surface area contributed by atoms with E-state index in [9.17, 15) is 9.90 Å². The van der Waals surface area contributed by atoms with E-state index in [1.54, 1.807) is 13.8 Å². The normalized spacial score (nSPS) is 30.4. The quantitative estimate of drug-likeness (QED) is 0.411. The maximum Gasteiger partial charge on any atom is 0.249 e. The van der Waals surface area contributed by atoms with Crippen LogP contribution >= 0.6 is 0 Å². The predicted molar refractivity (Wildman–Crippen MR) is 57.6 cm³/mol. The molecule has 1 rings (SSSR count). The maximum atomic E-state index is 11.2. The second-order valence-corrected chi connectivity index (χ2v) is 4.36. The first kappa shape index (κ1) is 13.7. The van der Waals surface area contributed by atoms with Crippen LogP contribution in [-0.2, 0) is 14.3 Å². The molecule has 0 spiro atoms. The van der Waals surface area contributed by atoms with Crippen LogP contribution in [0, 0.1) is 0 Å². The van der Waals surface area contributed by atoms with Crippen molar-refractivity contribution >= 4 is 5.91 Å². The number of aliphatic hydroxyl groups is 1. The van der Waals surface area contributed by atoms with Gasteiger partial charge in [-0.15, -0.1) is 0 Å². The fraction of sp³-hybridized carbons (Fsp3) is 0.889. The van der Waals surface area contributed by atoms with Crippen molar-refractivity contribution in [2.45, 2.75) is 50.9 Å². The molecule has 3 N–H and O–H groups in total. The summed E-state index contributed by atoms with van der Waals surface area (Å²) in [5, 5.41) is 13.3. The second-order valence-electron chi connectivity index (χ2n) is 4.36. The summed E-state index contributed by atoms with van der Waals surface area (Å²) < 4.78 is 10.7. The molecule has 0 bridgehead atoms. The van der Waals surface area contributed by atoms with Gasteiger partial charge in [0, 0.05) is 4.91 Å². The predicted octanol–water partition coefficient (Wildman–Crippen LogP) is 0.0515. The second kappa shape index (κ2) is 4.89. The summed E-state index contributed by atoms with van der Waals surface area (Å²) in [4.78, 5) is 13.8. The molecule has 0 aromatic carbocycles. The topological polar surface area (TPSA) is 131 Å². The molecular formula is C9H16N4O4. The summed E-state index contributed by atoms with van der Waals surface area (Å²) in [7, 11) is 0. The van der Waals surface area contributed by atoms with E-state index in [0.29, 0.717) is 0 Å². The molecule has 0 aromatic rings. The summed E-state index contributed by atoms with van der Waals surface area (Å²) >= 11 is 0. The molecule has 1 heterocycles. The van der Waals surface area contributed by atoms with Gasteiger partial charge in [-0.25, -0.2) is 0 Å². The SMILES string of the molecule is C[C@@H](N=[N+]=[N-])[C@@H](O)[C@@H]1OC(C)(C)O[C@@H]1C(N)=O. The van der Waals surface area contributed by atoms with E-state index in [-0.39, 0.29) is 0 Å². The summed E-state index contributed by atoms with van der Waals surface area (Å²) in [6.07, 6.45) is -3.16. The average molecular weight is 244 g/mol. The first-order chi connectivity index (χ1) is 7.78. The number of nitrogens with zero attached hydrogens (tertiary/aromatic N) is 3. The Kier molecular flexibility index (Phi) is 3.94. The van der Waals surface area contributed by atoms with Gasteiger partial charge in [0.25, 0.3) is 0 Å². The first-order valence-electron chi connectivity index (χ1n) is 5.15. The highest BCUT2D eigenvalue weighted by Crippen LogP contribution is 2.31. The number of aliphatic hydroxyl groups excluding tert-OH is 1. The summed E-state index contributed by atoms with van der Waals surface area (Å²) in [5.41, 5.74) is 13.5. The van der Waals surface area contributed by atoms with Crippen molar-refractivity contribution in [3.8, 4) is 0 Å². The third kappa shape index (κ3) is 3.07. The largest absolute Gasteiger partial charge is 0.390 e. The van der Waals surface area contributed by atoms with E-state index >= 15 is 0 Å². The lowest BCUT2D eigenvalue weighted by Gasteiger charge is -2.23. The Bertz CT molecular complexity index is 353. The van der Waals surface area contributed by atoms with Crippen molar-refractivity contribution < 1.29 is 19.4 Å². The Morgan fingerprint density at radius 2 is 2.18 bits per heavy atom. The van der Waals surface area contributed by atoms with Gasteiger partial charge in [-0.2, -0.15) is 0 Å². The fourth-order valence-electron chi connectivity index (χ4n) is 1.68. The number of hydrogen-bond donors (Lipinski definition) is 2. The minimum atomic E-state index is -1.16. The lowest BCUT2D eigenvalue weighted by molar-refractivity contribution is -0.159. The molecule has 0 unspecified atom stereocenters. The van der Waals surface area contributed by atoms with E-state index in [1.807, 2.05) is 0 Å². The Morgan fingerprint density at radius 1 is 1.59 bits per heavy atom. The van der Waals surface area contributed by atoms with Gasteiger partial charge in [-0.3, -0.25) is 4.79 Å². The summed E-state index contributed by atoms with van der Waals surface area (Å²) in [5.74, 6) is -1.74. The third-order valence-corrected chi connectivity index (χ3v) is 2.47. The molecular weight excluding hydrogens is 228 g/mol. The Balaban J connectivity index is 2.87. The van der Waals surface area contributed by atoms with Gasteiger partial charge in [-0.05, 0) is 19.4 Å². The van der Waals surface area contributed by atoms with E-state index in [4.69, 9.17) is 20.7 Å². The van der Waals surface area contributed by atoms with Crippen LogP contribution in [0.5, 0.6) is 0 Å². The highest BCUT2D eigenvalue weighted by Gasteiger charge is 2.48. The summed E-state index contributed by atoms with van der Waals surface area (Å²) in [6.45, 7) is 4.72. The highest BCUT2D eigenvalue weighted by atomic mass is 16.8. The van der Waals surface area contributed by atoms with Crippen molar-refractivity contribution in [1.82, 2.24) is 0 Å². The van der Waals surface area contributed by atoms with E-state index < -0.39 is 36.0 Å². The van der Waals surface area contributed by atoms with E-state index in [0.717, 1.165) is 0 Å². The molecule has 1 fully saturated rings. The Hall–Kier alpha value is -1.34. The number of carbonyl (C=O) groups excluding carboxylic acids is 1. The number of ether oxygens (including phenoxy) is 2. The molecule has 1 amide bonds. The number of nitrogens with two attached hydrogens (primary N) is 1. The van der Waals surface area contributed by atoms with Crippen molar-refractivity contribution in [1.29, 1.82) is 0 Å². The number of primary amides is 1. The molecule has 0 radical (unpaired) electrons. The van der Waals surface area contributed by atoms with Crippen LogP contribution in [0.25, 0.3) is 10.4 Å². The minimum absolute atomic E-state index is 0.729. The van der Waals surface area contributed by atoms with Gasteiger partial charge in [0.2, 0.25) is 5.91 Å². The van der Waals surface area contributed by atoms with Crippen LogP contribution < -0.4 is 5.73 Å².